The molecule has 0 aliphatic rings. The Hall–Kier alpha value is -1.62. The molecule has 1 heterocycles. The lowest BCUT2D eigenvalue weighted by Gasteiger charge is -2.19. The van der Waals surface area contributed by atoms with E-state index >= 15 is 0 Å². The first-order valence-corrected chi connectivity index (χ1v) is 5.38. The number of hydrogen-bond acceptors (Lipinski definition) is 2. The molecule has 0 unspecified atom stereocenters. The summed E-state index contributed by atoms with van der Waals surface area (Å²) < 4.78 is 1.63. The first-order chi connectivity index (χ1) is 7.78. The average Bonchev–Trinajstić information content (AvgIpc) is 2.14. The fourth-order valence-electron chi connectivity index (χ4n) is 1.39. The molecule has 2 amide bonds. The third-order valence-corrected chi connectivity index (χ3v) is 1.98. The molecule has 0 aliphatic heterocycles. The first-order valence-electron chi connectivity index (χ1n) is 5.38. The van der Waals surface area contributed by atoms with Gasteiger partial charge in [-0.25, -0.2) is 0 Å². The number of carbonyl (C=O) groups is 2. The zero-order chi connectivity index (χ0) is 13.1. The summed E-state index contributed by atoms with van der Waals surface area (Å²) in [5.41, 5.74) is 5.28. The van der Waals surface area contributed by atoms with Gasteiger partial charge in [0.15, 0.2) is 12.4 Å². The summed E-state index contributed by atoms with van der Waals surface area (Å²) in [6, 6.07) is 3.30. The van der Waals surface area contributed by atoms with Gasteiger partial charge in [0.05, 0.1) is 0 Å². The Bertz CT molecular complexity index is 441. The number of halogens is 1. The van der Waals surface area contributed by atoms with E-state index in [2.05, 4.69) is 5.32 Å². The second-order valence-electron chi connectivity index (χ2n) is 4.93. The molecule has 6 heteroatoms. The Labute approximate surface area is 113 Å². The van der Waals surface area contributed by atoms with Crippen molar-refractivity contribution in [1.82, 2.24) is 5.32 Å². The van der Waals surface area contributed by atoms with Crippen molar-refractivity contribution in [2.75, 3.05) is 0 Å². The predicted octanol–water partition coefficient (Wildman–Crippen LogP) is -3.01. The van der Waals surface area contributed by atoms with Gasteiger partial charge in [0.2, 0.25) is 6.54 Å². The smallest absolute Gasteiger partial charge is 0.286 e. The number of nitrogens with two attached hydrogens (primary N) is 1. The van der Waals surface area contributed by atoms with E-state index in [-0.39, 0.29) is 30.4 Å². The van der Waals surface area contributed by atoms with Crippen LogP contribution < -0.4 is 28.0 Å². The molecule has 0 saturated heterocycles. The maximum atomic E-state index is 11.7. The summed E-state index contributed by atoms with van der Waals surface area (Å²) in [6.45, 7) is 5.90. The van der Waals surface area contributed by atoms with Crippen LogP contribution in [-0.2, 0) is 11.3 Å². The molecule has 1 aromatic heterocycles. The van der Waals surface area contributed by atoms with Gasteiger partial charge in [-0.1, -0.05) is 0 Å². The van der Waals surface area contributed by atoms with Crippen LogP contribution in [0.5, 0.6) is 0 Å². The zero-order valence-electron chi connectivity index (χ0n) is 10.7. The molecule has 0 spiro atoms. The summed E-state index contributed by atoms with van der Waals surface area (Å²) in [5, 5.41) is 2.84. The fourth-order valence-corrected chi connectivity index (χ4v) is 1.39. The molecule has 0 aliphatic carbocycles. The van der Waals surface area contributed by atoms with Gasteiger partial charge in [0, 0.05) is 11.6 Å². The lowest BCUT2D eigenvalue weighted by molar-refractivity contribution is -0.684. The van der Waals surface area contributed by atoms with E-state index in [1.807, 2.05) is 20.8 Å². The molecule has 3 N–H and O–H groups in total. The van der Waals surface area contributed by atoms with Crippen LogP contribution in [0.4, 0.5) is 0 Å². The molecule has 1 rings (SSSR count). The fraction of sp³-hybridized carbons (Fsp3) is 0.417. The van der Waals surface area contributed by atoms with Gasteiger partial charge in [0.1, 0.15) is 5.56 Å². The van der Waals surface area contributed by atoms with E-state index in [1.54, 1.807) is 29.1 Å². The van der Waals surface area contributed by atoms with Crippen LogP contribution in [0.2, 0.25) is 0 Å². The Morgan fingerprint density at radius 2 is 2.00 bits per heavy atom. The molecule has 18 heavy (non-hydrogen) atoms. The monoisotopic (exact) mass is 271 g/mol. The predicted molar refractivity (Wildman–Crippen MR) is 63.1 cm³/mol. The highest BCUT2D eigenvalue weighted by Gasteiger charge is 2.17. The second-order valence-corrected chi connectivity index (χ2v) is 4.93. The topological polar surface area (TPSA) is 76.1 Å². The Kier molecular flexibility index (Phi) is 5.78. The van der Waals surface area contributed by atoms with Crippen LogP contribution in [0, 0.1) is 0 Å². The molecule has 0 atom stereocenters. The third kappa shape index (κ3) is 5.63. The zero-order valence-corrected chi connectivity index (χ0v) is 11.5. The summed E-state index contributed by atoms with van der Waals surface area (Å²) in [5.74, 6) is -0.611. The lowest BCUT2D eigenvalue weighted by atomic mass is 10.1. The SMILES string of the molecule is CC(C)(C)NC(=O)C[n+]1cccc(C(N)=O)c1.[Cl-]. The highest BCUT2D eigenvalue weighted by atomic mass is 35.5. The molecule has 0 aromatic carbocycles. The Morgan fingerprint density at radius 3 is 2.50 bits per heavy atom. The molecule has 0 fully saturated rings. The van der Waals surface area contributed by atoms with E-state index in [1.165, 1.54) is 0 Å². The summed E-state index contributed by atoms with van der Waals surface area (Å²) in [7, 11) is 0. The molecule has 100 valence electrons. The number of amides is 2. The number of rotatable bonds is 3. The van der Waals surface area contributed by atoms with Gasteiger partial charge >= 0.3 is 0 Å². The minimum atomic E-state index is -0.504. The number of carbonyl (C=O) groups excluding carboxylic acids is 2. The highest BCUT2D eigenvalue weighted by Crippen LogP contribution is 1.98. The van der Waals surface area contributed by atoms with Crippen LogP contribution in [0.3, 0.4) is 0 Å². The van der Waals surface area contributed by atoms with E-state index in [0.717, 1.165) is 0 Å². The molecular weight excluding hydrogens is 254 g/mol. The molecule has 5 nitrogen and oxygen atoms in total. The van der Waals surface area contributed by atoms with E-state index < -0.39 is 5.91 Å². The van der Waals surface area contributed by atoms with Gasteiger partial charge < -0.3 is 23.5 Å². The van der Waals surface area contributed by atoms with Crippen LogP contribution >= 0.6 is 0 Å². The van der Waals surface area contributed by atoms with E-state index in [4.69, 9.17) is 5.73 Å². The summed E-state index contributed by atoms with van der Waals surface area (Å²) in [6.07, 6.45) is 3.28. The first kappa shape index (κ1) is 16.4. The molecule has 0 saturated carbocycles. The van der Waals surface area contributed by atoms with Crippen LogP contribution in [-0.4, -0.2) is 17.4 Å². The number of nitrogens with one attached hydrogen (secondary N) is 1. The van der Waals surface area contributed by atoms with Crippen LogP contribution in [0.1, 0.15) is 31.1 Å². The van der Waals surface area contributed by atoms with Crippen molar-refractivity contribution < 1.29 is 26.6 Å². The average molecular weight is 272 g/mol. The number of aromatic nitrogens is 1. The van der Waals surface area contributed by atoms with Gasteiger partial charge in [-0.05, 0) is 26.8 Å². The van der Waals surface area contributed by atoms with Gasteiger partial charge in [0.25, 0.3) is 11.8 Å². The van der Waals surface area contributed by atoms with Crippen LogP contribution in [0.15, 0.2) is 24.5 Å². The highest BCUT2D eigenvalue weighted by molar-refractivity contribution is 5.92. The second kappa shape index (κ2) is 6.35. The molecule has 0 radical (unpaired) electrons. The molecular formula is C12H18ClN3O2. The van der Waals surface area contributed by atoms with Crippen molar-refractivity contribution in [1.29, 1.82) is 0 Å². The maximum Gasteiger partial charge on any atom is 0.286 e. The van der Waals surface area contributed by atoms with Crippen molar-refractivity contribution in [2.45, 2.75) is 32.9 Å². The lowest BCUT2D eigenvalue weighted by Crippen LogP contribution is -3.00. The number of hydrogen-bond donors (Lipinski definition) is 2. The molecule has 1 aromatic rings. The Balaban J connectivity index is 0.00000289. The normalized spacial score (nSPS) is 10.4. The standard InChI is InChI=1S/C12H17N3O2.ClH/c1-12(2,3)14-10(16)8-15-6-4-5-9(7-15)11(13)17;/h4-7H,8H2,1-3H3,(H2-,13,14,16,17);1H. The number of nitrogens with zero attached hydrogens (tertiary/aromatic N) is 1. The number of primary amides is 1. The maximum absolute atomic E-state index is 11.7. The quantitative estimate of drug-likeness (QED) is 0.575. The third-order valence-electron chi connectivity index (χ3n) is 1.98. The summed E-state index contributed by atoms with van der Waals surface area (Å²) in [4.78, 5) is 22.6. The Morgan fingerprint density at radius 1 is 1.39 bits per heavy atom. The van der Waals surface area contributed by atoms with Crippen molar-refractivity contribution in [3.8, 4) is 0 Å². The van der Waals surface area contributed by atoms with Crippen molar-refractivity contribution >= 4 is 11.8 Å². The van der Waals surface area contributed by atoms with E-state index in [9.17, 15) is 9.59 Å². The largest absolute Gasteiger partial charge is 1.00 e. The van der Waals surface area contributed by atoms with Gasteiger partial charge in [-0.3, -0.25) is 9.59 Å². The minimum absolute atomic E-state index is 0. The van der Waals surface area contributed by atoms with Crippen LogP contribution in [0.25, 0.3) is 0 Å². The minimum Gasteiger partial charge on any atom is -1.00 e. The van der Waals surface area contributed by atoms with Gasteiger partial charge in [-0.2, -0.15) is 4.57 Å². The van der Waals surface area contributed by atoms with Crippen molar-refractivity contribution in [2.24, 2.45) is 5.73 Å². The van der Waals surface area contributed by atoms with Crippen molar-refractivity contribution in [3.63, 3.8) is 0 Å². The van der Waals surface area contributed by atoms with E-state index in [0.29, 0.717) is 5.56 Å². The summed E-state index contributed by atoms with van der Waals surface area (Å²) >= 11 is 0. The van der Waals surface area contributed by atoms with Gasteiger partial charge in [-0.15, -0.1) is 0 Å². The molecule has 0 bridgehead atoms. The van der Waals surface area contributed by atoms with Crippen molar-refractivity contribution in [3.05, 3.63) is 30.1 Å². The number of pyridine rings is 1.